The van der Waals surface area contributed by atoms with Crippen molar-refractivity contribution >= 4 is 17.7 Å². The molecule has 160 valence electrons. The first kappa shape index (κ1) is 19.9. The summed E-state index contributed by atoms with van der Waals surface area (Å²) < 4.78 is 1.70. The molecule has 0 fully saturated rings. The zero-order valence-electron chi connectivity index (χ0n) is 17.7. The first-order valence-electron chi connectivity index (χ1n) is 10.6. The Bertz CT molecular complexity index is 1270. The number of hydrogen-bond donors (Lipinski definition) is 1. The third-order valence-electron chi connectivity index (χ3n) is 5.53. The van der Waals surface area contributed by atoms with E-state index in [1.54, 1.807) is 29.2 Å². The molecule has 4 heterocycles. The van der Waals surface area contributed by atoms with Crippen LogP contribution in [-0.2, 0) is 6.54 Å². The molecule has 0 bridgehead atoms. The van der Waals surface area contributed by atoms with E-state index in [0.717, 1.165) is 24.1 Å². The fourth-order valence-electron chi connectivity index (χ4n) is 3.87. The largest absolute Gasteiger partial charge is 0.348 e. The van der Waals surface area contributed by atoms with Crippen LogP contribution in [0.5, 0.6) is 0 Å². The van der Waals surface area contributed by atoms with E-state index in [0.29, 0.717) is 30.0 Å². The maximum atomic E-state index is 12.8. The van der Waals surface area contributed by atoms with Crippen LogP contribution in [0.2, 0.25) is 0 Å². The minimum absolute atomic E-state index is 0.0547. The van der Waals surface area contributed by atoms with E-state index >= 15 is 0 Å². The van der Waals surface area contributed by atoms with Gasteiger partial charge >= 0.3 is 0 Å². The number of nitrogens with zero attached hydrogens (tertiary/aromatic N) is 6. The van der Waals surface area contributed by atoms with Gasteiger partial charge in [0.15, 0.2) is 0 Å². The number of rotatable bonds is 5. The van der Waals surface area contributed by atoms with Crippen LogP contribution >= 0.6 is 0 Å². The summed E-state index contributed by atoms with van der Waals surface area (Å²) in [6.45, 7) is 3.43. The second-order valence-electron chi connectivity index (χ2n) is 7.69. The predicted octanol–water partition coefficient (Wildman–Crippen LogP) is 3.81. The Morgan fingerprint density at radius 1 is 0.969 bits per heavy atom. The Morgan fingerprint density at radius 3 is 2.59 bits per heavy atom. The van der Waals surface area contributed by atoms with Crippen molar-refractivity contribution in [1.82, 2.24) is 24.5 Å². The van der Waals surface area contributed by atoms with Crippen molar-refractivity contribution < 1.29 is 0 Å². The molecule has 1 N–H and O–H groups in total. The van der Waals surface area contributed by atoms with E-state index < -0.39 is 0 Å². The highest BCUT2D eigenvalue weighted by atomic mass is 16.1. The minimum atomic E-state index is -0.0726. The Labute approximate surface area is 185 Å². The molecule has 1 unspecified atom stereocenters. The summed E-state index contributed by atoms with van der Waals surface area (Å²) in [6.07, 6.45) is 5.95. The van der Waals surface area contributed by atoms with Crippen LogP contribution in [-0.4, -0.2) is 31.0 Å². The fourth-order valence-corrected chi connectivity index (χ4v) is 3.87. The molecule has 0 saturated heterocycles. The Kier molecular flexibility index (Phi) is 5.33. The summed E-state index contributed by atoms with van der Waals surface area (Å²) >= 11 is 0. The highest BCUT2D eigenvalue weighted by molar-refractivity contribution is 5.62. The number of pyridine rings is 1. The molecule has 1 aromatic carbocycles. The lowest BCUT2D eigenvalue weighted by Gasteiger charge is -2.30. The Balaban J connectivity index is 1.49. The van der Waals surface area contributed by atoms with Crippen LogP contribution in [0.15, 0.2) is 78.0 Å². The van der Waals surface area contributed by atoms with Gasteiger partial charge in [0.05, 0.1) is 11.7 Å². The number of anilines is 3. The molecule has 0 saturated carbocycles. The van der Waals surface area contributed by atoms with Gasteiger partial charge in [0.2, 0.25) is 11.9 Å². The summed E-state index contributed by atoms with van der Waals surface area (Å²) in [5, 5.41) is 3.37. The summed E-state index contributed by atoms with van der Waals surface area (Å²) in [6, 6.07) is 17.3. The lowest BCUT2D eigenvalue weighted by atomic mass is 10.1. The van der Waals surface area contributed by atoms with Gasteiger partial charge in [-0.2, -0.15) is 4.98 Å². The van der Waals surface area contributed by atoms with Crippen LogP contribution in [0.1, 0.15) is 24.9 Å². The van der Waals surface area contributed by atoms with Crippen molar-refractivity contribution in [1.29, 1.82) is 0 Å². The molecule has 0 aliphatic carbocycles. The number of hydrogen-bond acceptors (Lipinski definition) is 7. The van der Waals surface area contributed by atoms with E-state index in [4.69, 9.17) is 9.97 Å². The van der Waals surface area contributed by atoms with Crippen molar-refractivity contribution in [2.75, 3.05) is 16.8 Å². The van der Waals surface area contributed by atoms with Gasteiger partial charge in [-0.1, -0.05) is 30.3 Å². The summed E-state index contributed by atoms with van der Waals surface area (Å²) in [4.78, 5) is 32.8. The maximum Gasteiger partial charge on any atom is 0.255 e. The van der Waals surface area contributed by atoms with Gasteiger partial charge in [0.25, 0.3) is 5.56 Å². The monoisotopic (exact) mass is 425 g/mol. The Hall–Kier alpha value is -4.07. The highest BCUT2D eigenvalue weighted by Gasteiger charge is 2.23. The van der Waals surface area contributed by atoms with Gasteiger partial charge in [-0.15, -0.1) is 0 Å². The lowest BCUT2D eigenvalue weighted by Crippen LogP contribution is -2.36. The molecule has 0 amide bonds. The average molecular weight is 425 g/mol. The Morgan fingerprint density at radius 2 is 1.78 bits per heavy atom. The van der Waals surface area contributed by atoms with Crippen LogP contribution in [0.25, 0.3) is 11.3 Å². The molecule has 8 heteroatoms. The van der Waals surface area contributed by atoms with Crippen LogP contribution in [0.3, 0.4) is 0 Å². The zero-order valence-corrected chi connectivity index (χ0v) is 17.7. The van der Waals surface area contributed by atoms with Crippen molar-refractivity contribution in [3.8, 4) is 11.3 Å². The van der Waals surface area contributed by atoms with Crippen LogP contribution in [0.4, 0.5) is 17.7 Å². The summed E-state index contributed by atoms with van der Waals surface area (Å²) in [5.41, 5.74) is 2.56. The fraction of sp³-hybridized carbons (Fsp3) is 0.208. The second-order valence-corrected chi connectivity index (χ2v) is 7.69. The van der Waals surface area contributed by atoms with Gasteiger partial charge in [-0.05, 0) is 37.1 Å². The van der Waals surface area contributed by atoms with E-state index in [2.05, 4.69) is 34.3 Å². The molecule has 0 radical (unpaired) electrons. The first-order valence-corrected chi connectivity index (χ1v) is 10.6. The first-order chi connectivity index (χ1) is 15.7. The quantitative estimate of drug-likeness (QED) is 0.520. The van der Waals surface area contributed by atoms with Crippen molar-refractivity contribution in [2.45, 2.75) is 25.9 Å². The molecule has 8 nitrogen and oxygen atoms in total. The second kappa shape index (κ2) is 8.58. The molecule has 32 heavy (non-hydrogen) atoms. The van der Waals surface area contributed by atoms with Gasteiger partial charge in [0.1, 0.15) is 5.82 Å². The minimum Gasteiger partial charge on any atom is -0.348 e. The molecule has 5 rings (SSSR count). The molecule has 4 aromatic rings. The smallest absolute Gasteiger partial charge is 0.255 e. The average Bonchev–Trinajstić information content (AvgIpc) is 2.85. The lowest BCUT2D eigenvalue weighted by molar-refractivity contribution is 0.561. The molecule has 1 atom stereocenters. The normalized spacial score (nSPS) is 14.0. The van der Waals surface area contributed by atoms with E-state index in [1.165, 1.54) is 0 Å². The summed E-state index contributed by atoms with van der Waals surface area (Å²) in [5.74, 6) is 1.83. The van der Waals surface area contributed by atoms with Crippen LogP contribution in [0, 0.1) is 0 Å². The summed E-state index contributed by atoms with van der Waals surface area (Å²) in [7, 11) is 0. The van der Waals surface area contributed by atoms with Gasteiger partial charge < -0.3 is 5.32 Å². The van der Waals surface area contributed by atoms with Crippen molar-refractivity contribution in [2.24, 2.45) is 0 Å². The number of benzene rings is 1. The standard InChI is InChI=1S/C24H23N7O/c1-17(18-6-3-2-4-7-18)27-23-26-13-10-21(29-23)30-14-5-15-31-22(32)16-20(28-24(30)31)19-8-11-25-12-9-19/h2-4,6-13,16-17H,5,14-15H2,1H3,(H,26,27,29). The maximum absolute atomic E-state index is 12.8. The predicted molar refractivity (Wildman–Crippen MR) is 124 cm³/mol. The van der Waals surface area contributed by atoms with E-state index in [9.17, 15) is 4.79 Å². The topological polar surface area (TPSA) is 88.8 Å². The molecule has 1 aliphatic heterocycles. The van der Waals surface area contributed by atoms with Crippen LogP contribution < -0.4 is 15.8 Å². The number of nitrogens with one attached hydrogen (secondary N) is 1. The highest BCUT2D eigenvalue weighted by Crippen LogP contribution is 2.28. The molecule has 0 spiro atoms. The van der Waals surface area contributed by atoms with Gasteiger partial charge in [0, 0.05) is 43.3 Å². The SMILES string of the molecule is CC(Nc1nccc(N2CCCn3c2nc(-c2ccncc2)cc3=O)n1)c1ccccc1. The molecule has 3 aromatic heterocycles. The van der Waals surface area contributed by atoms with Crippen molar-refractivity contribution in [3.63, 3.8) is 0 Å². The molecule has 1 aliphatic rings. The number of fused-ring (bicyclic) bond motifs is 1. The van der Waals surface area contributed by atoms with Gasteiger partial charge in [-0.25, -0.2) is 9.97 Å². The third kappa shape index (κ3) is 3.94. The van der Waals surface area contributed by atoms with Gasteiger partial charge in [-0.3, -0.25) is 19.2 Å². The third-order valence-corrected chi connectivity index (χ3v) is 5.53. The van der Waals surface area contributed by atoms with E-state index in [1.807, 2.05) is 41.3 Å². The zero-order chi connectivity index (χ0) is 21.9. The van der Waals surface area contributed by atoms with Crippen molar-refractivity contribution in [3.05, 3.63) is 89.1 Å². The molecular formula is C24H23N7O. The van der Waals surface area contributed by atoms with E-state index in [-0.39, 0.29) is 11.6 Å². The number of aromatic nitrogens is 5. The molecular weight excluding hydrogens is 402 g/mol.